The van der Waals surface area contributed by atoms with Crippen molar-refractivity contribution in [2.24, 2.45) is 0 Å². The molecule has 114 valence electrons. The molecule has 0 spiro atoms. The maximum Gasteiger partial charge on any atom is 0.337 e. The molecule has 0 aliphatic rings. The third kappa shape index (κ3) is 4.20. The molecular formula is C15H11ClFNO4. The van der Waals surface area contributed by atoms with Crippen molar-refractivity contribution in [3.8, 4) is 5.75 Å². The van der Waals surface area contributed by atoms with Crippen molar-refractivity contribution in [3.05, 3.63) is 58.9 Å². The standard InChI is InChI=1S/C15H11ClFNO4/c16-9-2-1-3-11(6-9)22-8-14(19)18-13-5-4-10(17)7-12(13)15(20)21/h1-7H,8H2,(H,18,19)(H,20,21). The van der Waals surface area contributed by atoms with E-state index in [0.717, 1.165) is 12.1 Å². The van der Waals surface area contributed by atoms with Crippen LogP contribution in [0.4, 0.5) is 10.1 Å². The lowest BCUT2D eigenvalue weighted by Crippen LogP contribution is -2.21. The Balaban J connectivity index is 2.02. The summed E-state index contributed by atoms with van der Waals surface area (Å²) in [5.41, 5.74) is -0.343. The van der Waals surface area contributed by atoms with E-state index in [1.165, 1.54) is 12.1 Å². The molecule has 22 heavy (non-hydrogen) atoms. The van der Waals surface area contributed by atoms with Crippen LogP contribution in [0.15, 0.2) is 42.5 Å². The van der Waals surface area contributed by atoms with Crippen LogP contribution in [0.5, 0.6) is 5.75 Å². The smallest absolute Gasteiger partial charge is 0.337 e. The Kier molecular flexibility index (Phi) is 4.95. The zero-order valence-corrected chi connectivity index (χ0v) is 11.9. The minimum Gasteiger partial charge on any atom is -0.484 e. The minimum atomic E-state index is -1.34. The Hall–Kier alpha value is -2.60. The summed E-state index contributed by atoms with van der Waals surface area (Å²) in [6.07, 6.45) is 0. The number of halogens is 2. The van der Waals surface area contributed by atoms with Crippen molar-refractivity contribution in [1.29, 1.82) is 0 Å². The van der Waals surface area contributed by atoms with Crippen LogP contribution >= 0.6 is 11.6 Å². The fraction of sp³-hybridized carbons (Fsp3) is 0.0667. The molecule has 0 aliphatic carbocycles. The maximum absolute atomic E-state index is 13.0. The van der Waals surface area contributed by atoms with Crippen LogP contribution in [0.2, 0.25) is 5.02 Å². The predicted molar refractivity (Wildman–Crippen MR) is 78.9 cm³/mol. The molecule has 0 bridgehead atoms. The molecular weight excluding hydrogens is 313 g/mol. The second-order valence-electron chi connectivity index (χ2n) is 4.29. The number of anilines is 1. The average molecular weight is 324 g/mol. The van der Waals surface area contributed by atoms with Crippen molar-refractivity contribution in [3.63, 3.8) is 0 Å². The molecule has 0 aromatic heterocycles. The summed E-state index contributed by atoms with van der Waals surface area (Å²) < 4.78 is 18.3. The van der Waals surface area contributed by atoms with E-state index in [-0.39, 0.29) is 17.9 Å². The van der Waals surface area contributed by atoms with Crippen LogP contribution in [0.3, 0.4) is 0 Å². The molecule has 0 saturated heterocycles. The van der Waals surface area contributed by atoms with Crippen LogP contribution in [0.25, 0.3) is 0 Å². The highest BCUT2D eigenvalue weighted by Gasteiger charge is 2.14. The van der Waals surface area contributed by atoms with Gasteiger partial charge >= 0.3 is 5.97 Å². The number of carboxylic acids is 1. The van der Waals surface area contributed by atoms with Crippen LogP contribution < -0.4 is 10.1 Å². The molecule has 0 heterocycles. The van der Waals surface area contributed by atoms with Gasteiger partial charge in [0.2, 0.25) is 0 Å². The van der Waals surface area contributed by atoms with E-state index < -0.39 is 17.7 Å². The molecule has 5 nitrogen and oxygen atoms in total. The molecule has 1 amide bonds. The number of amides is 1. The number of benzene rings is 2. The normalized spacial score (nSPS) is 10.1. The van der Waals surface area contributed by atoms with Gasteiger partial charge < -0.3 is 15.2 Å². The van der Waals surface area contributed by atoms with Gasteiger partial charge in [0.15, 0.2) is 6.61 Å². The second kappa shape index (κ2) is 6.91. The summed E-state index contributed by atoms with van der Waals surface area (Å²) in [4.78, 5) is 22.8. The summed E-state index contributed by atoms with van der Waals surface area (Å²) in [6, 6.07) is 9.55. The van der Waals surface area contributed by atoms with Gasteiger partial charge in [0.25, 0.3) is 5.91 Å². The molecule has 0 atom stereocenters. The first-order chi connectivity index (χ1) is 10.5. The van der Waals surface area contributed by atoms with Gasteiger partial charge in [-0.15, -0.1) is 0 Å². The summed E-state index contributed by atoms with van der Waals surface area (Å²) in [7, 11) is 0. The third-order valence-electron chi connectivity index (χ3n) is 2.65. The number of carbonyl (C=O) groups excluding carboxylic acids is 1. The van der Waals surface area contributed by atoms with Crippen molar-refractivity contribution in [2.75, 3.05) is 11.9 Å². The lowest BCUT2D eigenvalue weighted by atomic mass is 10.1. The van der Waals surface area contributed by atoms with Gasteiger partial charge in [-0.2, -0.15) is 0 Å². The fourth-order valence-electron chi connectivity index (χ4n) is 1.69. The van der Waals surface area contributed by atoms with E-state index in [2.05, 4.69) is 5.32 Å². The van der Waals surface area contributed by atoms with E-state index in [1.54, 1.807) is 18.2 Å². The first-order valence-corrected chi connectivity index (χ1v) is 6.54. The molecule has 0 fully saturated rings. The van der Waals surface area contributed by atoms with E-state index in [0.29, 0.717) is 10.8 Å². The Morgan fingerprint density at radius 2 is 2.00 bits per heavy atom. The Morgan fingerprint density at radius 3 is 2.68 bits per heavy atom. The fourth-order valence-corrected chi connectivity index (χ4v) is 1.87. The topological polar surface area (TPSA) is 75.6 Å². The molecule has 0 aliphatic heterocycles. The van der Waals surface area contributed by atoms with Crippen LogP contribution in [0, 0.1) is 5.82 Å². The van der Waals surface area contributed by atoms with Gasteiger partial charge in [-0.1, -0.05) is 17.7 Å². The molecule has 2 aromatic rings. The van der Waals surface area contributed by atoms with Gasteiger partial charge in [-0.3, -0.25) is 4.79 Å². The zero-order valence-electron chi connectivity index (χ0n) is 11.2. The second-order valence-corrected chi connectivity index (χ2v) is 4.73. The van der Waals surface area contributed by atoms with Gasteiger partial charge in [0.1, 0.15) is 11.6 Å². The van der Waals surface area contributed by atoms with Crippen molar-refractivity contribution in [1.82, 2.24) is 0 Å². The molecule has 2 aromatic carbocycles. The maximum atomic E-state index is 13.0. The highest BCUT2D eigenvalue weighted by atomic mass is 35.5. The quantitative estimate of drug-likeness (QED) is 0.886. The number of hydrogen-bond donors (Lipinski definition) is 2. The Morgan fingerprint density at radius 1 is 1.23 bits per heavy atom. The molecule has 7 heteroatoms. The number of hydrogen-bond acceptors (Lipinski definition) is 3. The summed E-state index contributed by atoms with van der Waals surface area (Å²) in [5, 5.41) is 11.8. The third-order valence-corrected chi connectivity index (χ3v) is 2.89. The van der Waals surface area contributed by atoms with Gasteiger partial charge in [-0.05, 0) is 36.4 Å². The number of nitrogens with one attached hydrogen (secondary N) is 1. The molecule has 2 N–H and O–H groups in total. The summed E-state index contributed by atoms with van der Waals surface area (Å²) in [5.74, 6) is -2.22. The minimum absolute atomic E-state index is 0.00593. The van der Waals surface area contributed by atoms with E-state index in [1.807, 2.05) is 0 Å². The van der Waals surface area contributed by atoms with Crippen molar-refractivity contribution in [2.45, 2.75) is 0 Å². The highest BCUT2D eigenvalue weighted by molar-refractivity contribution is 6.30. The first kappa shape index (κ1) is 15.8. The van der Waals surface area contributed by atoms with Gasteiger partial charge in [-0.25, -0.2) is 9.18 Å². The van der Waals surface area contributed by atoms with E-state index >= 15 is 0 Å². The summed E-state index contributed by atoms with van der Waals surface area (Å²) in [6.45, 7) is -0.337. The van der Waals surface area contributed by atoms with Gasteiger partial charge in [0, 0.05) is 5.02 Å². The Bertz CT molecular complexity index is 720. The average Bonchev–Trinajstić information content (AvgIpc) is 2.47. The number of carboxylic acid groups (broad SMARTS) is 1. The zero-order chi connectivity index (χ0) is 16.1. The predicted octanol–water partition coefficient (Wildman–Crippen LogP) is 3.19. The largest absolute Gasteiger partial charge is 0.484 e. The van der Waals surface area contributed by atoms with Crippen LogP contribution in [0.1, 0.15) is 10.4 Å². The molecule has 2 rings (SSSR count). The SMILES string of the molecule is O=C(COc1cccc(Cl)c1)Nc1ccc(F)cc1C(=O)O. The van der Waals surface area contributed by atoms with Crippen molar-refractivity contribution < 1.29 is 23.8 Å². The number of aromatic carboxylic acids is 1. The Labute approximate surface area is 130 Å². The van der Waals surface area contributed by atoms with Crippen molar-refractivity contribution >= 4 is 29.2 Å². The van der Waals surface area contributed by atoms with Crippen LogP contribution in [-0.2, 0) is 4.79 Å². The van der Waals surface area contributed by atoms with Gasteiger partial charge in [0.05, 0.1) is 11.3 Å². The van der Waals surface area contributed by atoms with E-state index in [9.17, 15) is 14.0 Å². The first-order valence-electron chi connectivity index (χ1n) is 6.17. The molecule has 0 saturated carbocycles. The summed E-state index contributed by atoms with van der Waals surface area (Å²) >= 11 is 5.78. The number of carbonyl (C=O) groups is 2. The highest BCUT2D eigenvalue weighted by Crippen LogP contribution is 2.18. The number of rotatable bonds is 5. The lowest BCUT2D eigenvalue weighted by Gasteiger charge is -2.10. The lowest BCUT2D eigenvalue weighted by molar-refractivity contribution is -0.118. The molecule has 0 unspecified atom stereocenters. The monoisotopic (exact) mass is 323 g/mol. The number of ether oxygens (including phenoxy) is 1. The molecule has 0 radical (unpaired) electrons. The van der Waals surface area contributed by atoms with E-state index in [4.69, 9.17) is 21.4 Å². The van der Waals surface area contributed by atoms with Crippen LogP contribution in [-0.4, -0.2) is 23.6 Å².